The third-order valence-electron chi connectivity index (χ3n) is 15.3. The van der Waals surface area contributed by atoms with Gasteiger partial charge in [0, 0.05) is 41.9 Å². The van der Waals surface area contributed by atoms with Crippen LogP contribution >= 0.6 is 11.3 Å². The monoisotopic (exact) mass is 1120 g/mol. The molecule has 410 valence electrons. The molecule has 1 heterocycles. The number of ether oxygens (including phenoxy) is 1. The van der Waals surface area contributed by atoms with Crippen LogP contribution in [0.2, 0.25) is 15.1 Å². The number of hydrogen-bond acceptors (Lipinski definition) is 7. The summed E-state index contributed by atoms with van der Waals surface area (Å²) in [5.41, 5.74) is 1.99. The van der Waals surface area contributed by atoms with E-state index in [9.17, 15) is 4.79 Å². The minimum atomic E-state index is -2.86. The van der Waals surface area contributed by atoms with Crippen molar-refractivity contribution in [2.75, 3.05) is 44.4 Å². The van der Waals surface area contributed by atoms with Crippen LogP contribution in [-0.4, -0.2) is 70.8 Å². The Kier molecular flexibility index (Phi) is 19.7. The van der Waals surface area contributed by atoms with E-state index in [0.29, 0.717) is 44.4 Å². The summed E-state index contributed by atoms with van der Waals surface area (Å²) in [5, 5.41) is 7.11. The molecule has 10 heteroatoms. The van der Waals surface area contributed by atoms with Gasteiger partial charge in [-0.05, 0) is 95.5 Å². The number of hydrogen-bond donors (Lipinski definition) is 0. The number of rotatable bonds is 25. The first-order chi connectivity index (χ1) is 38.0. The molecule has 0 aliphatic rings. The van der Waals surface area contributed by atoms with Gasteiger partial charge in [-0.2, -0.15) is 0 Å². The number of carbonyl (C=O) groups excluding carboxylic acids is 1. The Hall–Kier alpha value is -6.22. The van der Waals surface area contributed by atoms with Crippen molar-refractivity contribution in [2.45, 2.75) is 90.3 Å². The smallest absolute Gasteiger partial charge is 0.261 e. The largest absolute Gasteiger partial charge is 0.493 e. The highest BCUT2D eigenvalue weighted by molar-refractivity contribution is 7.14. The first-order valence-electron chi connectivity index (χ1n) is 28.0. The van der Waals surface area contributed by atoms with Gasteiger partial charge in [-0.3, -0.25) is 4.79 Å². The van der Waals surface area contributed by atoms with Gasteiger partial charge in [-0.25, -0.2) is 0 Å². The van der Waals surface area contributed by atoms with Gasteiger partial charge in [0.25, 0.3) is 25.0 Å². The van der Waals surface area contributed by atoms with Gasteiger partial charge in [-0.15, -0.1) is 11.3 Å². The van der Waals surface area contributed by atoms with E-state index in [0.717, 1.165) is 41.0 Å². The standard InChI is InChI=1S/C69H81NO5SSi3/c1-67(2,3)77(60-30-16-10-17-31-60,61-32-18-11-19-33-61)73-51-29-28-50-72-66-54-57(44-42-56(66)43-45-58-46-47-59(55-71)76-58)70(48-52-74-78(68(4,5)6,62-34-20-12-21-35-62)63-36-22-13-23-37-63)49-53-75-79(69(7,8)9,64-38-24-14-25-39-64)65-40-26-15-27-41-65/h10-27,30-47,54-55H,28-29,48-53H2,1-9H3/b45-43+. The van der Waals surface area contributed by atoms with Crippen LogP contribution < -0.4 is 40.8 Å². The molecule has 0 aliphatic carbocycles. The molecular formula is C69H81NO5SSi3. The van der Waals surface area contributed by atoms with Gasteiger partial charge in [0.1, 0.15) is 5.75 Å². The Balaban J connectivity index is 1.12. The molecule has 6 nitrogen and oxygen atoms in total. The van der Waals surface area contributed by atoms with Crippen molar-refractivity contribution in [2.24, 2.45) is 0 Å². The van der Waals surface area contributed by atoms with Crippen LogP contribution in [0.3, 0.4) is 0 Å². The molecule has 7 aromatic carbocycles. The second-order valence-electron chi connectivity index (χ2n) is 23.5. The van der Waals surface area contributed by atoms with Crippen molar-refractivity contribution in [3.8, 4) is 5.75 Å². The highest BCUT2D eigenvalue weighted by atomic mass is 32.1. The Labute approximate surface area is 479 Å². The molecule has 0 fully saturated rings. The normalized spacial score (nSPS) is 12.7. The molecule has 0 atom stereocenters. The quantitative estimate of drug-likeness (QED) is 0.0323. The average Bonchev–Trinajstić information content (AvgIpc) is 4.08. The first-order valence-corrected chi connectivity index (χ1v) is 34.6. The summed E-state index contributed by atoms with van der Waals surface area (Å²) < 4.78 is 29.4. The minimum Gasteiger partial charge on any atom is -0.493 e. The maximum absolute atomic E-state index is 11.7. The predicted molar refractivity (Wildman–Crippen MR) is 343 cm³/mol. The van der Waals surface area contributed by atoms with E-state index >= 15 is 0 Å². The van der Waals surface area contributed by atoms with Crippen LogP contribution in [0.5, 0.6) is 5.75 Å². The van der Waals surface area contributed by atoms with Crippen LogP contribution in [-0.2, 0) is 13.3 Å². The van der Waals surface area contributed by atoms with Crippen molar-refractivity contribution in [3.05, 3.63) is 228 Å². The number of aldehydes is 1. The van der Waals surface area contributed by atoms with Crippen LogP contribution in [0.15, 0.2) is 212 Å². The van der Waals surface area contributed by atoms with E-state index in [1.54, 1.807) is 0 Å². The highest BCUT2D eigenvalue weighted by Gasteiger charge is 2.52. The molecule has 0 unspecified atom stereocenters. The molecular weight excluding hydrogens is 1040 g/mol. The van der Waals surface area contributed by atoms with Crippen LogP contribution in [0.4, 0.5) is 5.69 Å². The van der Waals surface area contributed by atoms with E-state index in [1.165, 1.54) is 42.5 Å². The lowest BCUT2D eigenvalue weighted by molar-refractivity contribution is 0.112. The number of nitrogens with zero attached hydrogens (tertiary/aromatic N) is 1. The average molecular weight is 1120 g/mol. The maximum atomic E-state index is 11.7. The van der Waals surface area contributed by atoms with Crippen LogP contribution in [0.1, 0.15) is 95.3 Å². The third-order valence-corrected chi connectivity index (χ3v) is 31.4. The Morgan fingerprint density at radius 1 is 0.405 bits per heavy atom. The molecule has 8 rings (SSSR count). The Morgan fingerprint density at radius 3 is 1.09 bits per heavy atom. The fourth-order valence-electron chi connectivity index (χ4n) is 11.6. The summed E-state index contributed by atoms with van der Waals surface area (Å²) in [4.78, 5) is 15.8. The van der Waals surface area contributed by atoms with Gasteiger partial charge >= 0.3 is 0 Å². The second-order valence-corrected chi connectivity index (χ2v) is 37.6. The zero-order valence-corrected chi connectivity index (χ0v) is 51.8. The van der Waals surface area contributed by atoms with Crippen LogP contribution in [0.25, 0.3) is 12.2 Å². The van der Waals surface area contributed by atoms with Crippen molar-refractivity contribution in [3.63, 3.8) is 0 Å². The predicted octanol–water partition coefficient (Wildman–Crippen LogP) is 13.4. The number of unbranched alkanes of at least 4 members (excludes halogenated alkanes) is 1. The fraction of sp³-hybridized carbons (Fsp3) is 0.290. The van der Waals surface area contributed by atoms with E-state index in [4.69, 9.17) is 18.0 Å². The van der Waals surface area contributed by atoms with E-state index in [1.807, 2.05) is 12.1 Å². The summed E-state index contributed by atoms with van der Waals surface area (Å²) >= 11 is 1.48. The minimum absolute atomic E-state index is 0.107. The second kappa shape index (κ2) is 26.4. The highest BCUT2D eigenvalue weighted by Crippen LogP contribution is 2.40. The summed E-state index contributed by atoms with van der Waals surface area (Å²) in [6.45, 7) is 24.3. The van der Waals surface area contributed by atoms with Gasteiger partial charge in [0.2, 0.25) is 0 Å². The lowest BCUT2D eigenvalue weighted by Crippen LogP contribution is -2.67. The molecule has 0 amide bonds. The number of benzene rings is 7. The van der Waals surface area contributed by atoms with Gasteiger partial charge in [0.15, 0.2) is 6.29 Å². The van der Waals surface area contributed by atoms with Gasteiger partial charge in [0.05, 0.1) is 24.7 Å². The van der Waals surface area contributed by atoms with E-state index < -0.39 is 25.0 Å². The third kappa shape index (κ3) is 13.4. The molecule has 1 aromatic heterocycles. The molecule has 0 bridgehead atoms. The zero-order chi connectivity index (χ0) is 56.0. The number of anilines is 1. The fourth-order valence-corrected chi connectivity index (χ4v) is 26.0. The topological polar surface area (TPSA) is 57.2 Å². The summed E-state index contributed by atoms with van der Waals surface area (Å²) in [5.74, 6) is 0.791. The molecule has 0 saturated heterocycles. The molecule has 0 saturated carbocycles. The van der Waals surface area contributed by atoms with Gasteiger partial charge in [-0.1, -0.05) is 244 Å². The number of thiophene rings is 1. The summed E-state index contributed by atoms with van der Waals surface area (Å²) in [7, 11) is -8.40. The molecule has 0 radical (unpaired) electrons. The Bertz CT molecular complexity index is 2930. The molecule has 8 aromatic rings. The summed E-state index contributed by atoms with van der Waals surface area (Å²) in [6, 6.07) is 75.7. The SMILES string of the molecule is CC(C)(C)[Si](OCCCCOc1cc(N(CCO[Si](c2ccccc2)(c2ccccc2)C(C)(C)C)CCO[Si](c2ccccc2)(c2ccccc2)C(C)(C)C)ccc1/C=C/c1ccc(C=O)s1)(c1ccccc1)c1ccccc1. The summed E-state index contributed by atoms with van der Waals surface area (Å²) in [6.07, 6.45) is 6.73. The van der Waals surface area contributed by atoms with Crippen LogP contribution in [0, 0.1) is 0 Å². The lowest BCUT2D eigenvalue weighted by atomic mass is 10.1. The zero-order valence-electron chi connectivity index (χ0n) is 48.0. The number of carbonyl (C=O) groups is 1. The lowest BCUT2D eigenvalue weighted by Gasteiger charge is -2.44. The van der Waals surface area contributed by atoms with Crippen molar-refractivity contribution < 1.29 is 22.8 Å². The Morgan fingerprint density at radius 2 is 0.747 bits per heavy atom. The van der Waals surface area contributed by atoms with E-state index in [-0.39, 0.29) is 15.1 Å². The van der Waals surface area contributed by atoms with Gasteiger partial charge < -0.3 is 22.9 Å². The molecule has 79 heavy (non-hydrogen) atoms. The van der Waals surface area contributed by atoms with Crippen molar-refractivity contribution >= 4 is 91.5 Å². The maximum Gasteiger partial charge on any atom is 0.261 e. The van der Waals surface area contributed by atoms with E-state index in [2.05, 4.69) is 280 Å². The molecule has 0 aliphatic heterocycles. The molecule has 0 N–H and O–H groups in total. The molecule has 0 spiro atoms. The van der Waals surface area contributed by atoms with Crippen molar-refractivity contribution in [1.29, 1.82) is 0 Å². The first kappa shape index (κ1) is 58.9. The van der Waals surface area contributed by atoms with Crippen molar-refractivity contribution in [1.82, 2.24) is 0 Å².